The zero-order valence-electron chi connectivity index (χ0n) is 13.5. The number of ether oxygens (including phenoxy) is 2. The smallest absolute Gasteiger partial charge is 0.255 e. The molecule has 24 heavy (non-hydrogen) atoms. The zero-order valence-corrected chi connectivity index (χ0v) is 14.3. The van der Waals surface area contributed by atoms with Gasteiger partial charge in [0, 0.05) is 12.8 Å². The Balaban J connectivity index is 1.50. The van der Waals surface area contributed by atoms with Gasteiger partial charge in [-0.25, -0.2) is 0 Å². The average Bonchev–Trinajstić information content (AvgIpc) is 3.10. The van der Waals surface area contributed by atoms with Crippen LogP contribution in [0.4, 0.5) is 5.13 Å². The second-order valence-electron chi connectivity index (χ2n) is 5.58. The first kappa shape index (κ1) is 16.9. The molecule has 1 aliphatic rings. The van der Waals surface area contributed by atoms with E-state index in [2.05, 4.69) is 20.5 Å². The van der Waals surface area contributed by atoms with E-state index in [-0.39, 0.29) is 12.0 Å². The van der Waals surface area contributed by atoms with Crippen molar-refractivity contribution >= 4 is 22.4 Å². The third-order valence-corrected chi connectivity index (χ3v) is 4.58. The number of nitrogens with zero attached hydrogens (tertiary/aromatic N) is 3. The fourth-order valence-corrected chi connectivity index (χ4v) is 3.06. The molecule has 0 aliphatic carbocycles. The highest BCUT2D eigenvalue weighted by molar-refractivity contribution is 7.18. The first-order valence-corrected chi connectivity index (χ1v) is 8.83. The number of pyridine rings is 1. The van der Waals surface area contributed by atoms with E-state index < -0.39 is 6.10 Å². The van der Waals surface area contributed by atoms with Gasteiger partial charge in [-0.2, -0.15) is 0 Å². The first-order valence-electron chi connectivity index (χ1n) is 8.01. The number of hydrogen-bond acceptors (Lipinski definition) is 7. The molecule has 1 N–H and O–H groups in total. The lowest BCUT2D eigenvalue weighted by atomic mass is 10.1. The summed E-state index contributed by atoms with van der Waals surface area (Å²) >= 11 is 1.28. The fraction of sp³-hybridized carbons (Fsp3) is 0.500. The minimum absolute atomic E-state index is 0.0892. The number of carbonyl (C=O) groups excluding carboxylic acids is 1. The molecule has 3 heterocycles. The van der Waals surface area contributed by atoms with Gasteiger partial charge in [0.2, 0.25) is 5.13 Å². The summed E-state index contributed by atoms with van der Waals surface area (Å²) in [5.74, 6) is -0.241. The van der Waals surface area contributed by atoms with Crippen molar-refractivity contribution in [3.63, 3.8) is 0 Å². The molecule has 7 nitrogen and oxygen atoms in total. The van der Waals surface area contributed by atoms with E-state index in [9.17, 15) is 4.79 Å². The average molecular weight is 348 g/mol. The first-order chi connectivity index (χ1) is 11.7. The van der Waals surface area contributed by atoms with Gasteiger partial charge in [-0.05, 0) is 38.3 Å². The van der Waals surface area contributed by atoms with Crippen LogP contribution in [0.15, 0.2) is 24.4 Å². The van der Waals surface area contributed by atoms with E-state index in [0.717, 1.165) is 31.6 Å². The van der Waals surface area contributed by atoms with Crippen molar-refractivity contribution in [3.8, 4) is 10.7 Å². The van der Waals surface area contributed by atoms with Crippen molar-refractivity contribution in [2.45, 2.75) is 38.4 Å². The Morgan fingerprint density at radius 3 is 3.12 bits per heavy atom. The lowest BCUT2D eigenvalue weighted by molar-refractivity contribution is -0.130. The van der Waals surface area contributed by atoms with Gasteiger partial charge in [0.1, 0.15) is 11.8 Å². The Bertz CT molecular complexity index is 658. The summed E-state index contributed by atoms with van der Waals surface area (Å²) in [6.45, 7) is 2.93. The Hall–Kier alpha value is -1.90. The summed E-state index contributed by atoms with van der Waals surface area (Å²) in [6.07, 6.45) is 4.44. The summed E-state index contributed by atoms with van der Waals surface area (Å²) in [7, 11) is 0. The topological polar surface area (TPSA) is 86.2 Å². The highest BCUT2D eigenvalue weighted by atomic mass is 32.1. The molecule has 1 amide bonds. The van der Waals surface area contributed by atoms with Crippen molar-refractivity contribution in [2.75, 3.05) is 18.5 Å². The molecule has 0 spiro atoms. The van der Waals surface area contributed by atoms with E-state index in [1.165, 1.54) is 11.3 Å². The summed E-state index contributed by atoms with van der Waals surface area (Å²) in [6, 6.07) is 5.57. The van der Waals surface area contributed by atoms with Gasteiger partial charge in [0.15, 0.2) is 5.01 Å². The van der Waals surface area contributed by atoms with Crippen molar-refractivity contribution in [1.82, 2.24) is 15.2 Å². The summed E-state index contributed by atoms with van der Waals surface area (Å²) in [5, 5.41) is 11.9. The molecule has 2 atom stereocenters. The molecule has 3 rings (SSSR count). The Labute approximate surface area is 144 Å². The zero-order chi connectivity index (χ0) is 16.8. The summed E-state index contributed by atoms with van der Waals surface area (Å²) < 4.78 is 11.2. The van der Waals surface area contributed by atoms with Crippen molar-refractivity contribution in [1.29, 1.82) is 0 Å². The molecule has 8 heteroatoms. The lowest BCUT2D eigenvalue weighted by Crippen LogP contribution is -2.32. The second-order valence-corrected chi connectivity index (χ2v) is 6.56. The van der Waals surface area contributed by atoms with Gasteiger partial charge >= 0.3 is 0 Å². The van der Waals surface area contributed by atoms with Crippen molar-refractivity contribution in [3.05, 3.63) is 24.4 Å². The maximum absolute atomic E-state index is 12.2. The lowest BCUT2D eigenvalue weighted by Gasteiger charge is -2.23. The summed E-state index contributed by atoms with van der Waals surface area (Å²) in [4.78, 5) is 16.4. The molecular formula is C16H20N4O3S. The minimum atomic E-state index is -0.572. The Morgan fingerprint density at radius 1 is 1.46 bits per heavy atom. The molecular weight excluding hydrogens is 328 g/mol. The molecule has 0 unspecified atom stereocenters. The molecule has 1 fully saturated rings. The predicted octanol–water partition coefficient (Wildman–Crippen LogP) is 2.51. The molecule has 0 radical (unpaired) electrons. The van der Waals surface area contributed by atoms with Crippen LogP contribution in [0.2, 0.25) is 0 Å². The summed E-state index contributed by atoms with van der Waals surface area (Å²) in [5.41, 5.74) is 0.731. The quantitative estimate of drug-likeness (QED) is 0.863. The van der Waals surface area contributed by atoms with E-state index in [1.807, 2.05) is 18.2 Å². The van der Waals surface area contributed by atoms with E-state index in [4.69, 9.17) is 9.47 Å². The highest BCUT2D eigenvalue weighted by Gasteiger charge is 2.20. The maximum atomic E-state index is 12.2. The third kappa shape index (κ3) is 4.56. The Morgan fingerprint density at radius 2 is 2.38 bits per heavy atom. The third-order valence-electron chi connectivity index (χ3n) is 3.71. The molecule has 2 aromatic heterocycles. The van der Waals surface area contributed by atoms with Crippen LogP contribution < -0.4 is 5.32 Å². The van der Waals surface area contributed by atoms with Crippen LogP contribution in [-0.4, -0.2) is 46.5 Å². The van der Waals surface area contributed by atoms with Crippen LogP contribution in [0.25, 0.3) is 10.7 Å². The monoisotopic (exact) mass is 348 g/mol. The molecule has 0 bridgehead atoms. The van der Waals surface area contributed by atoms with Crippen LogP contribution in [0.3, 0.4) is 0 Å². The van der Waals surface area contributed by atoms with E-state index in [0.29, 0.717) is 16.7 Å². The van der Waals surface area contributed by atoms with Gasteiger partial charge in [0.05, 0.1) is 12.7 Å². The molecule has 2 aromatic rings. The molecule has 128 valence electrons. The highest BCUT2D eigenvalue weighted by Crippen LogP contribution is 2.24. The molecule has 0 saturated carbocycles. The standard InChI is InChI=1S/C16H20N4O3S/c1-11(23-10-12-6-3-5-9-22-12)14(21)18-16-20-19-15(24-16)13-7-2-4-8-17-13/h2,4,7-8,11-12H,3,5-6,9-10H2,1H3,(H,18,20,21)/t11-,12-/m0/s1. The molecule has 1 saturated heterocycles. The van der Waals surface area contributed by atoms with Crippen molar-refractivity contribution < 1.29 is 14.3 Å². The van der Waals surface area contributed by atoms with Crippen LogP contribution in [0.5, 0.6) is 0 Å². The number of hydrogen-bond donors (Lipinski definition) is 1. The molecule has 1 aliphatic heterocycles. The minimum Gasteiger partial charge on any atom is -0.376 e. The predicted molar refractivity (Wildman–Crippen MR) is 90.8 cm³/mol. The Kier molecular flexibility index (Phi) is 5.84. The molecule has 0 aromatic carbocycles. The normalized spacial score (nSPS) is 19.0. The maximum Gasteiger partial charge on any atom is 0.255 e. The second kappa shape index (κ2) is 8.27. The van der Waals surface area contributed by atoms with Crippen LogP contribution >= 0.6 is 11.3 Å². The van der Waals surface area contributed by atoms with Gasteiger partial charge in [-0.3, -0.25) is 15.1 Å². The van der Waals surface area contributed by atoms with Crippen LogP contribution in [-0.2, 0) is 14.3 Å². The van der Waals surface area contributed by atoms with Crippen LogP contribution in [0.1, 0.15) is 26.2 Å². The SMILES string of the molecule is C[C@H](OC[C@@H]1CCCCO1)C(=O)Nc1nnc(-c2ccccn2)s1. The van der Waals surface area contributed by atoms with Crippen LogP contribution in [0, 0.1) is 0 Å². The largest absolute Gasteiger partial charge is 0.376 e. The van der Waals surface area contributed by atoms with E-state index in [1.54, 1.807) is 13.1 Å². The number of rotatable bonds is 6. The van der Waals surface area contributed by atoms with E-state index >= 15 is 0 Å². The number of aromatic nitrogens is 3. The van der Waals surface area contributed by atoms with Crippen molar-refractivity contribution in [2.24, 2.45) is 0 Å². The number of carbonyl (C=O) groups is 1. The van der Waals surface area contributed by atoms with Gasteiger partial charge in [-0.1, -0.05) is 17.4 Å². The number of amides is 1. The number of nitrogens with one attached hydrogen (secondary N) is 1. The number of anilines is 1. The van der Waals surface area contributed by atoms with Gasteiger partial charge < -0.3 is 9.47 Å². The van der Waals surface area contributed by atoms with Gasteiger partial charge in [-0.15, -0.1) is 10.2 Å². The van der Waals surface area contributed by atoms with Gasteiger partial charge in [0.25, 0.3) is 5.91 Å². The fourth-order valence-electron chi connectivity index (χ4n) is 2.34.